The molecule has 0 bridgehead atoms. The van der Waals surface area contributed by atoms with E-state index in [9.17, 15) is 0 Å². The molecule has 3 aliphatic rings. The molecule has 3 rings (SSSR count). The van der Waals surface area contributed by atoms with Crippen LogP contribution in [0.15, 0.2) is 0 Å². The summed E-state index contributed by atoms with van der Waals surface area (Å²) in [6, 6.07) is 0. The molecule has 0 aromatic carbocycles. The molecular weight excluding hydrogens is 324 g/mol. The zero-order valence-corrected chi connectivity index (χ0v) is 21.4. The average Bonchev–Trinajstić information content (AvgIpc) is 2.61. The molecule has 8 atom stereocenters. The normalized spacial score (nSPS) is 57.3. The first-order valence-corrected chi connectivity index (χ1v) is 11.8. The predicted octanol–water partition coefficient (Wildman–Crippen LogP) is 8.46. The Morgan fingerprint density at radius 3 is 1.44 bits per heavy atom. The van der Waals surface area contributed by atoms with Gasteiger partial charge in [-0.1, -0.05) is 110 Å². The Kier molecular flexibility index (Phi) is 3.88. The first kappa shape index (κ1) is 21.7. The maximum Gasteiger partial charge on any atom is -0.0134 e. The summed E-state index contributed by atoms with van der Waals surface area (Å²) in [6.07, 6.45) is 1.25. The van der Waals surface area contributed by atoms with Crippen LogP contribution in [-0.2, 0) is 0 Å². The van der Waals surface area contributed by atoms with E-state index in [1.54, 1.807) is 0 Å². The van der Waals surface area contributed by atoms with Gasteiger partial charge in [0.05, 0.1) is 0 Å². The molecule has 0 amide bonds. The molecule has 0 saturated heterocycles. The standard InChI is InChI=1S/C27H50/c1-16-20(6,7)21(8,9)25(13)22(10,17(2)3)26(14)23(11)18(4)19(5)24(23,12)27(25,26)15/h17-19H,16H2,1-15H3. The lowest BCUT2D eigenvalue weighted by Gasteiger charge is -3.06. The lowest BCUT2D eigenvalue weighted by atomic mass is 8.98. The molecule has 0 aromatic heterocycles. The van der Waals surface area contributed by atoms with Crippen LogP contribution in [0.4, 0.5) is 0 Å². The zero-order chi connectivity index (χ0) is 21.4. The van der Waals surface area contributed by atoms with E-state index in [0.29, 0.717) is 43.8 Å². The van der Waals surface area contributed by atoms with Crippen LogP contribution in [0.3, 0.4) is 0 Å². The van der Waals surface area contributed by atoms with Gasteiger partial charge in [0, 0.05) is 0 Å². The number of rotatable bonds is 4. The smallest absolute Gasteiger partial charge is 0.0134 e. The van der Waals surface area contributed by atoms with Crippen molar-refractivity contribution in [1.29, 1.82) is 0 Å². The highest BCUT2D eigenvalue weighted by atomic mass is 15.1. The molecule has 3 fully saturated rings. The molecule has 0 heterocycles. The second-order valence-electron chi connectivity index (χ2n) is 13.6. The second-order valence-corrected chi connectivity index (χ2v) is 13.6. The Morgan fingerprint density at radius 1 is 0.741 bits per heavy atom. The van der Waals surface area contributed by atoms with E-state index >= 15 is 0 Å². The van der Waals surface area contributed by atoms with E-state index in [4.69, 9.17) is 0 Å². The summed E-state index contributed by atoms with van der Waals surface area (Å²) in [7, 11) is 0. The quantitative estimate of drug-likeness (QED) is 0.463. The first-order valence-electron chi connectivity index (χ1n) is 11.8. The fourth-order valence-corrected chi connectivity index (χ4v) is 11.4. The fourth-order valence-electron chi connectivity index (χ4n) is 11.4. The summed E-state index contributed by atoms with van der Waals surface area (Å²) in [5, 5.41) is 0. The third-order valence-electron chi connectivity index (χ3n) is 14.8. The van der Waals surface area contributed by atoms with Crippen molar-refractivity contribution < 1.29 is 0 Å². The Hall–Kier alpha value is 0. The summed E-state index contributed by atoms with van der Waals surface area (Å²) in [5.41, 5.74) is 2.91. The van der Waals surface area contributed by atoms with Gasteiger partial charge in [0.2, 0.25) is 0 Å². The molecule has 3 saturated carbocycles. The van der Waals surface area contributed by atoms with Gasteiger partial charge >= 0.3 is 0 Å². The van der Waals surface area contributed by atoms with Gasteiger partial charge in [0.15, 0.2) is 0 Å². The summed E-state index contributed by atoms with van der Waals surface area (Å²) >= 11 is 0. The van der Waals surface area contributed by atoms with Crippen molar-refractivity contribution in [2.45, 2.75) is 110 Å². The molecule has 0 nitrogen and oxygen atoms in total. The third kappa shape index (κ3) is 1.33. The van der Waals surface area contributed by atoms with Crippen LogP contribution < -0.4 is 0 Å². The topological polar surface area (TPSA) is 0 Å². The van der Waals surface area contributed by atoms with E-state index in [1.807, 2.05) is 0 Å². The van der Waals surface area contributed by atoms with Crippen molar-refractivity contribution in [3.05, 3.63) is 0 Å². The molecule has 0 radical (unpaired) electrons. The first-order chi connectivity index (χ1) is 11.8. The Balaban J connectivity index is 2.35. The van der Waals surface area contributed by atoms with Gasteiger partial charge in [-0.2, -0.15) is 0 Å². The summed E-state index contributed by atoms with van der Waals surface area (Å²) in [4.78, 5) is 0. The fraction of sp³-hybridized carbons (Fsp3) is 1.00. The third-order valence-corrected chi connectivity index (χ3v) is 14.8. The van der Waals surface area contributed by atoms with Crippen LogP contribution in [0, 0.1) is 61.1 Å². The summed E-state index contributed by atoms with van der Waals surface area (Å²) in [6.45, 7) is 39.0. The van der Waals surface area contributed by atoms with Crippen molar-refractivity contribution >= 4 is 0 Å². The highest BCUT2D eigenvalue weighted by Gasteiger charge is 3.03. The Labute approximate surface area is 171 Å². The monoisotopic (exact) mass is 374 g/mol. The SMILES string of the molecule is CCC(C)(C)C(C)(C)C1(C)C(C)(C(C)C)C2(C)C3(C)C(C)C(C)C3(C)C12C. The zero-order valence-electron chi connectivity index (χ0n) is 21.4. The van der Waals surface area contributed by atoms with E-state index in [1.165, 1.54) is 6.42 Å². The van der Waals surface area contributed by atoms with Gasteiger partial charge in [0.1, 0.15) is 0 Å². The highest BCUT2D eigenvalue weighted by molar-refractivity contribution is 5.49. The maximum atomic E-state index is 2.72. The van der Waals surface area contributed by atoms with Gasteiger partial charge < -0.3 is 0 Å². The number of hydrogen-bond acceptors (Lipinski definition) is 0. The van der Waals surface area contributed by atoms with Gasteiger partial charge in [0.25, 0.3) is 0 Å². The minimum atomic E-state index is 0.269. The molecule has 27 heavy (non-hydrogen) atoms. The van der Waals surface area contributed by atoms with Crippen LogP contribution in [0.1, 0.15) is 110 Å². The molecule has 0 N–H and O–H groups in total. The van der Waals surface area contributed by atoms with Gasteiger partial charge in [-0.3, -0.25) is 0 Å². The van der Waals surface area contributed by atoms with Crippen molar-refractivity contribution in [2.75, 3.05) is 0 Å². The van der Waals surface area contributed by atoms with E-state index in [2.05, 4.69) is 104 Å². The highest BCUT2D eigenvalue weighted by Crippen LogP contribution is 3.06. The molecule has 3 aliphatic carbocycles. The molecule has 0 heteroatoms. The lowest BCUT2D eigenvalue weighted by Crippen LogP contribution is -3.02. The molecular formula is C27H50. The Morgan fingerprint density at radius 2 is 1.11 bits per heavy atom. The van der Waals surface area contributed by atoms with Crippen molar-refractivity contribution in [2.24, 2.45) is 61.1 Å². The largest absolute Gasteiger partial charge is 0.0649 e. The minimum absolute atomic E-state index is 0.269. The minimum Gasteiger partial charge on any atom is -0.0649 e. The van der Waals surface area contributed by atoms with Crippen LogP contribution >= 0.6 is 0 Å². The van der Waals surface area contributed by atoms with Crippen molar-refractivity contribution in [3.8, 4) is 0 Å². The van der Waals surface area contributed by atoms with Gasteiger partial charge in [-0.15, -0.1) is 0 Å². The molecule has 0 aliphatic heterocycles. The van der Waals surface area contributed by atoms with E-state index < -0.39 is 0 Å². The van der Waals surface area contributed by atoms with Crippen molar-refractivity contribution in [3.63, 3.8) is 0 Å². The average molecular weight is 375 g/mol. The van der Waals surface area contributed by atoms with E-state index in [-0.39, 0.29) is 5.41 Å². The number of fused-ring (bicyclic) bond motifs is 4. The van der Waals surface area contributed by atoms with Crippen LogP contribution in [0.5, 0.6) is 0 Å². The maximum absolute atomic E-state index is 2.72. The van der Waals surface area contributed by atoms with Crippen LogP contribution in [0.2, 0.25) is 0 Å². The molecule has 158 valence electrons. The Bertz CT molecular complexity index is 670. The predicted molar refractivity (Wildman–Crippen MR) is 120 cm³/mol. The molecule has 8 unspecified atom stereocenters. The lowest BCUT2D eigenvalue weighted by molar-refractivity contribution is -0.594. The van der Waals surface area contributed by atoms with E-state index in [0.717, 1.165) is 11.8 Å². The van der Waals surface area contributed by atoms with Gasteiger partial charge in [-0.05, 0) is 61.1 Å². The second kappa shape index (κ2) is 4.83. The molecule has 0 aromatic rings. The number of hydrogen-bond donors (Lipinski definition) is 0. The summed E-state index contributed by atoms with van der Waals surface area (Å²) in [5.74, 6) is 2.33. The van der Waals surface area contributed by atoms with Crippen molar-refractivity contribution in [1.82, 2.24) is 0 Å². The summed E-state index contributed by atoms with van der Waals surface area (Å²) < 4.78 is 0. The van der Waals surface area contributed by atoms with Crippen LogP contribution in [-0.4, -0.2) is 0 Å². The van der Waals surface area contributed by atoms with Gasteiger partial charge in [-0.25, -0.2) is 0 Å². The molecule has 0 spiro atoms. The van der Waals surface area contributed by atoms with Crippen LogP contribution in [0.25, 0.3) is 0 Å².